The Morgan fingerprint density at radius 2 is 2.07 bits per heavy atom. The van der Waals surface area contributed by atoms with Crippen molar-refractivity contribution < 1.29 is 9.84 Å². The van der Waals surface area contributed by atoms with Crippen molar-refractivity contribution in [2.45, 2.75) is 63.4 Å². The molecule has 0 unspecified atom stereocenters. The van der Waals surface area contributed by atoms with Gasteiger partial charge in [0.25, 0.3) is 0 Å². The van der Waals surface area contributed by atoms with Crippen LogP contribution in [-0.2, 0) is 12.8 Å². The van der Waals surface area contributed by atoms with Gasteiger partial charge in [0.05, 0.1) is 12.7 Å². The number of pyridine rings is 1. The molecule has 1 aromatic heterocycles. The third kappa shape index (κ3) is 2.70. The summed E-state index contributed by atoms with van der Waals surface area (Å²) in [6, 6.07) is 12.7. The predicted octanol–water partition coefficient (Wildman–Crippen LogP) is 4.92. The van der Waals surface area contributed by atoms with E-state index in [4.69, 9.17) is 4.74 Å². The third-order valence-electron chi connectivity index (χ3n) is 8.19. The minimum absolute atomic E-state index is 0.0393. The van der Waals surface area contributed by atoms with Gasteiger partial charge in [-0.05, 0) is 104 Å². The van der Waals surface area contributed by atoms with Crippen LogP contribution in [-0.4, -0.2) is 22.8 Å². The van der Waals surface area contributed by atoms with E-state index in [1.165, 1.54) is 17.5 Å². The molecular formula is C25H31NO2. The fraction of sp³-hybridized carbons (Fsp3) is 0.560. The highest BCUT2D eigenvalue weighted by molar-refractivity contribution is 5.41. The summed E-state index contributed by atoms with van der Waals surface area (Å²) in [6.45, 7) is 2.35. The lowest BCUT2D eigenvalue weighted by molar-refractivity contribution is -0.137. The first kappa shape index (κ1) is 18.2. The topological polar surface area (TPSA) is 42.4 Å². The average Bonchev–Trinajstić information content (AvgIpc) is 2.98. The van der Waals surface area contributed by atoms with E-state index in [9.17, 15) is 5.11 Å². The maximum atomic E-state index is 12.1. The molecule has 3 heteroatoms. The van der Waals surface area contributed by atoms with Gasteiger partial charge < -0.3 is 9.84 Å². The van der Waals surface area contributed by atoms with Gasteiger partial charge in [-0.3, -0.25) is 4.98 Å². The molecule has 0 bridgehead atoms. The van der Waals surface area contributed by atoms with Gasteiger partial charge in [-0.25, -0.2) is 0 Å². The molecule has 3 nitrogen and oxygen atoms in total. The molecular weight excluding hydrogens is 346 g/mol. The third-order valence-corrected chi connectivity index (χ3v) is 8.19. The second kappa shape index (κ2) is 6.59. The van der Waals surface area contributed by atoms with Crippen LogP contribution in [0.1, 0.15) is 61.8 Å². The van der Waals surface area contributed by atoms with Crippen molar-refractivity contribution in [3.05, 3.63) is 59.4 Å². The highest BCUT2D eigenvalue weighted by Crippen LogP contribution is 2.64. The van der Waals surface area contributed by atoms with Crippen molar-refractivity contribution >= 4 is 0 Å². The normalized spacial score (nSPS) is 36.3. The molecule has 2 fully saturated rings. The number of aryl methyl sites for hydroxylation is 1. The molecule has 2 saturated carbocycles. The molecule has 2 aromatic rings. The molecule has 5 rings (SSSR count). The van der Waals surface area contributed by atoms with Crippen molar-refractivity contribution in [2.24, 2.45) is 17.3 Å². The summed E-state index contributed by atoms with van der Waals surface area (Å²) in [4.78, 5) is 4.54. The Kier molecular flexibility index (Phi) is 4.28. The minimum Gasteiger partial charge on any atom is -0.497 e. The first-order chi connectivity index (χ1) is 13.5. The Hall–Kier alpha value is -1.87. The van der Waals surface area contributed by atoms with Crippen LogP contribution in [0.4, 0.5) is 0 Å². The van der Waals surface area contributed by atoms with Gasteiger partial charge in [-0.1, -0.05) is 19.1 Å². The van der Waals surface area contributed by atoms with E-state index < -0.39 is 5.60 Å². The number of benzene rings is 1. The number of hydrogen-bond acceptors (Lipinski definition) is 3. The Balaban J connectivity index is 1.43. The molecule has 1 heterocycles. The monoisotopic (exact) mass is 377 g/mol. The lowest BCUT2D eigenvalue weighted by Gasteiger charge is -2.54. The molecule has 1 aromatic carbocycles. The number of hydrogen-bond donors (Lipinski definition) is 1. The van der Waals surface area contributed by atoms with Gasteiger partial charge in [0, 0.05) is 11.9 Å². The molecule has 5 atom stereocenters. The standard InChI is InChI=1S/C25H31NO2/c1-24-11-10-22-21-8-7-20(28-2)14-18(21)6-9-23(22)25(24,27)16-17(15-24)13-19-5-3-4-12-26-19/h3-5,7-8,12,14,17,22-23,27H,6,9-11,13,15-16H2,1-2H3/t17-,22+,23+,24+,25+/m0/s1. The maximum Gasteiger partial charge on any atom is 0.119 e. The number of aromatic nitrogens is 1. The molecule has 3 aliphatic carbocycles. The molecule has 0 aliphatic heterocycles. The van der Waals surface area contributed by atoms with E-state index in [0.29, 0.717) is 17.8 Å². The maximum absolute atomic E-state index is 12.1. The SMILES string of the molecule is COc1ccc2c(c1)CC[C@@H]1[C@@H]2CC[C@]2(C)C[C@H](Cc3ccccn3)C[C@@]12O. The van der Waals surface area contributed by atoms with Crippen LogP contribution in [0.15, 0.2) is 42.6 Å². The number of fused-ring (bicyclic) bond motifs is 5. The lowest BCUT2D eigenvalue weighted by Crippen LogP contribution is -2.54. The van der Waals surface area contributed by atoms with Gasteiger partial charge in [-0.2, -0.15) is 0 Å². The van der Waals surface area contributed by atoms with Gasteiger partial charge in [0.1, 0.15) is 5.75 Å². The van der Waals surface area contributed by atoms with Crippen LogP contribution in [0.3, 0.4) is 0 Å². The zero-order valence-electron chi connectivity index (χ0n) is 17.0. The molecule has 0 radical (unpaired) electrons. The van der Waals surface area contributed by atoms with E-state index in [-0.39, 0.29) is 5.41 Å². The molecule has 28 heavy (non-hydrogen) atoms. The van der Waals surface area contributed by atoms with Crippen LogP contribution in [0.25, 0.3) is 0 Å². The molecule has 0 saturated heterocycles. The molecule has 0 amide bonds. The Bertz CT molecular complexity index is 866. The second-order valence-corrected chi connectivity index (χ2v) is 9.64. The fourth-order valence-electron chi connectivity index (χ4n) is 6.87. The summed E-state index contributed by atoms with van der Waals surface area (Å²) in [5.41, 5.74) is 3.54. The first-order valence-corrected chi connectivity index (χ1v) is 10.8. The minimum atomic E-state index is -0.549. The number of nitrogens with zero attached hydrogens (tertiary/aromatic N) is 1. The predicted molar refractivity (Wildman–Crippen MR) is 111 cm³/mol. The lowest BCUT2D eigenvalue weighted by atomic mass is 9.53. The van der Waals surface area contributed by atoms with Crippen molar-refractivity contribution in [3.8, 4) is 5.75 Å². The highest BCUT2D eigenvalue weighted by atomic mass is 16.5. The van der Waals surface area contributed by atoms with Crippen LogP contribution < -0.4 is 4.74 Å². The summed E-state index contributed by atoms with van der Waals surface area (Å²) in [7, 11) is 1.74. The summed E-state index contributed by atoms with van der Waals surface area (Å²) >= 11 is 0. The Labute approximate surface area is 168 Å². The molecule has 3 aliphatic rings. The van der Waals surface area contributed by atoms with Gasteiger partial charge >= 0.3 is 0 Å². The van der Waals surface area contributed by atoms with Crippen LogP contribution in [0.5, 0.6) is 5.75 Å². The average molecular weight is 378 g/mol. The quantitative estimate of drug-likeness (QED) is 0.825. The van der Waals surface area contributed by atoms with Crippen molar-refractivity contribution in [1.82, 2.24) is 4.98 Å². The first-order valence-electron chi connectivity index (χ1n) is 10.8. The number of ether oxygens (including phenoxy) is 1. The second-order valence-electron chi connectivity index (χ2n) is 9.64. The van der Waals surface area contributed by atoms with Crippen LogP contribution >= 0.6 is 0 Å². The summed E-state index contributed by atoms with van der Waals surface area (Å²) in [6.07, 6.45) is 9.38. The zero-order valence-corrected chi connectivity index (χ0v) is 17.0. The number of rotatable bonds is 3. The summed E-state index contributed by atoms with van der Waals surface area (Å²) in [5.74, 6) is 2.34. The van der Waals surface area contributed by atoms with E-state index in [2.05, 4.69) is 42.2 Å². The zero-order chi connectivity index (χ0) is 19.4. The number of methoxy groups -OCH3 is 1. The van der Waals surface area contributed by atoms with Crippen molar-refractivity contribution in [3.63, 3.8) is 0 Å². The van der Waals surface area contributed by atoms with E-state index in [1.807, 2.05) is 12.3 Å². The van der Waals surface area contributed by atoms with E-state index >= 15 is 0 Å². The summed E-state index contributed by atoms with van der Waals surface area (Å²) in [5, 5.41) is 12.1. The molecule has 148 valence electrons. The molecule has 1 N–H and O–H groups in total. The van der Waals surface area contributed by atoms with Gasteiger partial charge in [0.2, 0.25) is 0 Å². The van der Waals surface area contributed by atoms with Crippen LogP contribution in [0, 0.1) is 17.3 Å². The van der Waals surface area contributed by atoms with E-state index in [1.54, 1.807) is 7.11 Å². The highest BCUT2D eigenvalue weighted by Gasteiger charge is 2.62. The molecule has 0 spiro atoms. The largest absolute Gasteiger partial charge is 0.497 e. The van der Waals surface area contributed by atoms with E-state index in [0.717, 1.165) is 50.0 Å². The van der Waals surface area contributed by atoms with Crippen molar-refractivity contribution in [2.75, 3.05) is 7.11 Å². The fourth-order valence-corrected chi connectivity index (χ4v) is 6.87. The van der Waals surface area contributed by atoms with Gasteiger partial charge in [-0.15, -0.1) is 0 Å². The van der Waals surface area contributed by atoms with Crippen LogP contribution in [0.2, 0.25) is 0 Å². The summed E-state index contributed by atoms with van der Waals surface area (Å²) < 4.78 is 5.44. The Morgan fingerprint density at radius 1 is 1.18 bits per heavy atom. The smallest absolute Gasteiger partial charge is 0.119 e. The Morgan fingerprint density at radius 3 is 2.86 bits per heavy atom. The van der Waals surface area contributed by atoms with Crippen molar-refractivity contribution in [1.29, 1.82) is 0 Å². The number of aliphatic hydroxyl groups is 1. The van der Waals surface area contributed by atoms with Gasteiger partial charge in [0.15, 0.2) is 0 Å².